The van der Waals surface area contributed by atoms with Gasteiger partial charge >= 0.3 is 0 Å². The zero-order chi connectivity index (χ0) is 19.0. The molecule has 5 heteroatoms. The second kappa shape index (κ2) is 6.89. The molecular weight excluding hydrogens is 356 g/mol. The molecule has 1 aromatic heterocycles. The Morgan fingerprint density at radius 1 is 1.19 bits per heavy atom. The van der Waals surface area contributed by atoms with Crippen molar-refractivity contribution < 1.29 is 9.59 Å². The van der Waals surface area contributed by atoms with E-state index in [-0.39, 0.29) is 16.4 Å². The molecule has 4 nitrogen and oxygen atoms in total. The van der Waals surface area contributed by atoms with Crippen LogP contribution in [0.5, 0.6) is 0 Å². The first-order chi connectivity index (χ1) is 12.9. The van der Waals surface area contributed by atoms with Crippen molar-refractivity contribution in [3.8, 4) is 0 Å². The Hall–Kier alpha value is -2.53. The Labute approximate surface area is 162 Å². The quantitative estimate of drug-likeness (QED) is 0.698. The van der Waals surface area contributed by atoms with Crippen LogP contribution in [0.4, 0.5) is 0 Å². The maximum atomic E-state index is 12.8. The molecule has 138 valence electrons. The molecule has 4 rings (SSSR count). The Bertz CT molecular complexity index is 1020. The first-order valence-corrected chi connectivity index (χ1v) is 9.95. The Kier molecular flexibility index (Phi) is 4.56. The number of hydrogen-bond donors (Lipinski definition) is 2. The second-order valence-electron chi connectivity index (χ2n) is 7.51. The van der Waals surface area contributed by atoms with Crippen molar-refractivity contribution in [2.75, 3.05) is 6.54 Å². The van der Waals surface area contributed by atoms with E-state index in [0.29, 0.717) is 24.9 Å². The van der Waals surface area contributed by atoms with E-state index >= 15 is 0 Å². The third-order valence-electron chi connectivity index (χ3n) is 4.86. The van der Waals surface area contributed by atoms with Crippen molar-refractivity contribution in [3.63, 3.8) is 0 Å². The summed E-state index contributed by atoms with van der Waals surface area (Å²) in [6.07, 6.45) is 3.17. The van der Waals surface area contributed by atoms with E-state index in [1.54, 1.807) is 23.9 Å². The third-order valence-corrected chi connectivity index (χ3v) is 6.11. The number of fused-ring (bicyclic) bond motifs is 3. The van der Waals surface area contributed by atoms with Crippen LogP contribution in [-0.4, -0.2) is 28.0 Å². The van der Waals surface area contributed by atoms with Crippen LogP contribution in [0.2, 0.25) is 0 Å². The molecular formula is C22H22N2O2S. The first kappa shape index (κ1) is 17.9. The fourth-order valence-corrected chi connectivity index (χ4v) is 4.90. The zero-order valence-electron chi connectivity index (χ0n) is 15.5. The van der Waals surface area contributed by atoms with Crippen molar-refractivity contribution in [3.05, 3.63) is 65.4 Å². The standard InChI is InChI=1S/C22H22N2O2S/c1-22(2)12-17(25)20-18(27-22)9-8-16-19(20)15(13-24-16)10-11-23-21(26)14-6-4-3-5-7-14/h3-9,13,24H,10-12H2,1-2H3,(H,23,26). The lowest BCUT2D eigenvalue weighted by atomic mass is 9.94. The van der Waals surface area contributed by atoms with Gasteiger partial charge in [-0.3, -0.25) is 9.59 Å². The third kappa shape index (κ3) is 3.52. The predicted octanol–water partition coefficient (Wildman–Crippen LogP) is 4.60. The average Bonchev–Trinajstić information content (AvgIpc) is 3.04. The number of rotatable bonds is 4. The van der Waals surface area contributed by atoms with E-state index in [4.69, 9.17) is 0 Å². The summed E-state index contributed by atoms with van der Waals surface area (Å²) in [4.78, 5) is 29.4. The SMILES string of the molecule is CC1(C)CC(=O)c2c(ccc3[nH]cc(CCNC(=O)c4ccccc4)c23)S1. The summed E-state index contributed by atoms with van der Waals surface area (Å²) in [6, 6.07) is 13.3. The molecule has 1 aliphatic heterocycles. The van der Waals surface area contributed by atoms with Gasteiger partial charge in [-0.2, -0.15) is 0 Å². The summed E-state index contributed by atoms with van der Waals surface area (Å²) in [6.45, 7) is 4.75. The van der Waals surface area contributed by atoms with Crippen molar-refractivity contribution in [2.45, 2.75) is 36.3 Å². The van der Waals surface area contributed by atoms with Crippen molar-refractivity contribution in [1.29, 1.82) is 0 Å². The number of thioether (sulfide) groups is 1. The maximum absolute atomic E-state index is 12.8. The van der Waals surface area contributed by atoms with Gasteiger partial charge < -0.3 is 10.3 Å². The molecule has 0 bridgehead atoms. The smallest absolute Gasteiger partial charge is 0.251 e. The van der Waals surface area contributed by atoms with Gasteiger partial charge in [-0.1, -0.05) is 18.2 Å². The first-order valence-electron chi connectivity index (χ1n) is 9.13. The van der Waals surface area contributed by atoms with Crippen LogP contribution in [0.3, 0.4) is 0 Å². The predicted molar refractivity (Wildman–Crippen MR) is 110 cm³/mol. The molecule has 0 atom stereocenters. The lowest BCUT2D eigenvalue weighted by Crippen LogP contribution is -2.26. The molecule has 2 N–H and O–H groups in total. The minimum absolute atomic E-state index is 0.0715. The van der Waals surface area contributed by atoms with Gasteiger partial charge in [-0.05, 0) is 50.1 Å². The molecule has 27 heavy (non-hydrogen) atoms. The van der Waals surface area contributed by atoms with E-state index in [0.717, 1.165) is 26.9 Å². The summed E-state index contributed by atoms with van der Waals surface area (Å²) in [5, 5.41) is 3.97. The van der Waals surface area contributed by atoms with Crippen LogP contribution >= 0.6 is 11.8 Å². The highest BCUT2D eigenvalue weighted by Crippen LogP contribution is 2.45. The molecule has 0 aliphatic carbocycles. The van der Waals surface area contributed by atoms with Gasteiger partial charge in [-0.15, -0.1) is 11.8 Å². The number of aromatic amines is 1. The number of nitrogens with one attached hydrogen (secondary N) is 2. The van der Waals surface area contributed by atoms with Gasteiger partial charge in [-0.25, -0.2) is 0 Å². The van der Waals surface area contributed by atoms with Crippen molar-refractivity contribution in [1.82, 2.24) is 10.3 Å². The van der Waals surface area contributed by atoms with Crippen LogP contribution in [0.1, 0.15) is 46.5 Å². The van der Waals surface area contributed by atoms with Crippen LogP contribution < -0.4 is 5.32 Å². The highest BCUT2D eigenvalue weighted by atomic mass is 32.2. The maximum Gasteiger partial charge on any atom is 0.251 e. The summed E-state index contributed by atoms with van der Waals surface area (Å²) < 4.78 is -0.0715. The molecule has 0 radical (unpaired) electrons. The molecule has 3 aromatic rings. The summed E-state index contributed by atoms with van der Waals surface area (Å²) in [7, 11) is 0. The fourth-order valence-electron chi connectivity index (χ4n) is 3.64. The van der Waals surface area contributed by atoms with Crippen LogP contribution in [0.15, 0.2) is 53.6 Å². The van der Waals surface area contributed by atoms with E-state index in [1.807, 2.05) is 36.5 Å². The van der Waals surface area contributed by atoms with Crippen LogP contribution in [-0.2, 0) is 6.42 Å². The van der Waals surface area contributed by atoms with Gasteiger partial charge in [0.2, 0.25) is 0 Å². The van der Waals surface area contributed by atoms with Crippen molar-refractivity contribution >= 4 is 34.4 Å². The highest BCUT2D eigenvalue weighted by molar-refractivity contribution is 8.00. The molecule has 2 heterocycles. The molecule has 1 aliphatic rings. The number of carbonyl (C=O) groups is 2. The van der Waals surface area contributed by atoms with Gasteiger partial charge in [0.15, 0.2) is 5.78 Å². The topological polar surface area (TPSA) is 62.0 Å². The number of carbonyl (C=O) groups excluding carboxylic acids is 2. The van der Waals surface area contributed by atoms with Crippen molar-refractivity contribution in [2.24, 2.45) is 0 Å². The Morgan fingerprint density at radius 2 is 1.96 bits per heavy atom. The molecule has 0 saturated carbocycles. The molecule has 0 spiro atoms. The zero-order valence-corrected chi connectivity index (χ0v) is 16.3. The minimum atomic E-state index is -0.0779. The van der Waals surface area contributed by atoms with Crippen LogP contribution in [0, 0.1) is 0 Å². The van der Waals surface area contributed by atoms with Gasteiger partial charge in [0, 0.05) is 50.8 Å². The number of amides is 1. The summed E-state index contributed by atoms with van der Waals surface area (Å²) in [5.74, 6) is 0.124. The van der Waals surface area contributed by atoms with E-state index in [2.05, 4.69) is 24.1 Å². The monoisotopic (exact) mass is 378 g/mol. The summed E-state index contributed by atoms with van der Waals surface area (Å²) in [5.41, 5.74) is 3.54. The highest BCUT2D eigenvalue weighted by Gasteiger charge is 2.33. The van der Waals surface area contributed by atoms with E-state index in [1.165, 1.54) is 0 Å². The number of ketones is 1. The molecule has 0 fully saturated rings. The lowest BCUT2D eigenvalue weighted by molar-refractivity contribution is 0.0950. The molecule has 1 amide bonds. The van der Waals surface area contributed by atoms with E-state index in [9.17, 15) is 9.59 Å². The van der Waals surface area contributed by atoms with Gasteiger partial charge in [0.05, 0.1) is 0 Å². The number of Topliss-reactive ketones (excluding diaryl/α,β-unsaturated/α-hetero) is 1. The average molecular weight is 378 g/mol. The van der Waals surface area contributed by atoms with Gasteiger partial charge in [0.25, 0.3) is 5.91 Å². The molecule has 0 saturated heterocycles. The Balaban J connectivity index is 1.57. The van der Waals surface area contributed by atoms with Gasteiger partial charge in [0.1, 0.15) is 0 Å². The van der Waals surface area contributed by atoms with Crippen LogP contribution in [0.25, 0.3) is 10.9 Å². The minimum Gasteiger partial charge on any atom is -0.361 e. The number of aromatic nitrogens is 1. The Morgan fingerprint density at radius 3 is 2.74 bits per heavy atom. The van der Waals surface area contributed by atoms with E-state index < -0.39 is 0 Å². The number of H-pyrrole nitrogens is 1. The number of benzene rings is 2. The second-order valence-corrected chi connectivity index (χ2v) is 9.26. The lowest BCUT2D eigenvalue weighted by Gasteiger charge is -2.30. The normalized spacial score (nSPS) is 15.6. The molecule has 0 unspecified atom stereocenters. The number of hydrogen-bond acceptors (Lipinski definition) is 3. The molecule has 2 aromatic carbocycles. The summed E-state index contributed by atoms with van der Waals surface area (Å²) >= 11 is 1.77. The fraction of sp³-hybridized carbons (Fsp3) is 0.273. The largest absolute Gasteiger partial charge is 0.361 e.